The summed E-state index contributed by atoms with van der Waals surface area (Å²) in [7, 11) is 1.62. The predicted molar refractivity (Wildman–Crippen MR) is 118 cm³/mol. The summed E-state index contributed by atoms with van der Waals surface area (Å²) in [6.07, 6.45) is 7.86. The molecule has 5 heteroatoms. The smallest absolute Gasteiger partial charge is 0.248 e. The number of methoxy groups -OCH3 is 1. The van der Waals surface area contributed by atoms with Crippen LogP contribution in [0.1, 0.15) is 45.1 Å². The van der Waals surface area contributed by atoms with Gasteiger partial charge in [0, 0.05) is 6.08 Å². The summed E-state index contributed by atoms with van der Waals surface area (Å²) in [5, 5.41) is 2.84. The number of nitrogens with one attached hydrogen (secondary N) is 1. The van der Waals surface area contributed by atoms with Crippen molar-refractivity contribution in [3.8, 4) is 17.2 Å². The summed E-state index contributed by atoms with van der Waals surface area (Å²) in [4.78, 5) is 12.3. The Morgan fingerprint density at radius 2 is 1.79 bits per heavy atom. The average Bonchev–Trinajstić information content (AvgIpc) is 2.74. The Kier molecular flexibility index (Phi) is 9.63. The van der Waals surface area contributed by atoms with Crippen molar-refractivity contribution in [1.29, 1.82) is 0 Å². The van der Waals surface area contributed by atoms with Gasteiger partial charge in [-0.05, 0) is 49.2 Å². The molecule has 1 N–H and O–H groups in total. The van der Waals surface area contributed by atoms with Gasteiger partial charge >= 0.3 is 0 Å². The van der Waals surface area contributed by atoms with E-state index >= 15 is 0 Å². The molecule has 0 radical (unpaired) electrons. The minimum Gasteiger partial charge on any atom is -0.493 e. The Labute approximate surface area is 173 Å². The number of benzene rings is 2. The first-order chi connectivity index (χ1) is 14.2. The van der Waals surface area contributed by atoms with E-state index in [1.807, 2.05) is 49.4 Å². The van der Waals surface area contributed by atoms with Gasteiger partial charge in [-0.15, -0.1) is 0 Å². The maximum absolute atomic E-state index is 12.3. The molecule has 2 rings (SSSR count). The summed E-state index contributed by atoms with van der Waals surface area (Å²) < 4.78 is 16.8. The molecule has 0 saturated carbocycles. The average molecular weight is 398 g/mol. The number of ether oxygens (including phenoxy) is 3. The van der Waals surface area contributed by atoms with Gasteiger partial charge in [0.2, 0.25) is 5.91 Å². The Hall–Kier alpha value is -2.95. The molecular weight excluding hydrogens is 366 g/mol. The third kappa shape index (κ3) is 7.53. The quantitative estimate of drug-likeness (QED) is 0.368. The van der Waals surface area contributed by atoms with E-state index in [2.05, 4.69) is 12.2 Å². The number of para-hydroxylation sites is 2. The Morgan fingerprint density at radius 1 is 0.966 bits per heavy atom. The molecule has 0 saturated heterocycles. The van der Waals surface area contributed by atoms with Crippen LogP contribution in [0.4, 0.5) is 5.69 Å². The van der Waals surface area contributed by atoms with Crippen molar-refractivity contribution in [2.75, 3.05) is 25.6 Å². The van der Waals surface area contributed by atoms with Crippen LogP contribution in [-0.4, -0.2) is 26.2 Å². The van der Waals surface area contributed by atoms with Gasteiger partial charge in [-0.3, -0.25) is 4.79 Å². The Balaban J connectivity index is 1.96. The first-order valence-electron chi connectivity index (χ1n) is 10.2. The highest BCUT2D eigenvalue weighted by Crippen LogP contribution is 2.29. The van der Waals surface area contributed by atoms with Crippen molar-refractivity contribution in [3.63, 3.8) is 0 Å². The second-order valence-electron chi connectivity index (χ2n) is 6.57. The molecule has 29 heavy (non-hydrogen) atoms. The first-order valence-corrected chi connectivity index (χ1v) is 10.2. The molecule has 0 spiro atoms. The van der Waals surface area contributed by atoms with Crippen LogP contribution in [-0.2, 0) is 4.79 Å². The Bertz CT molecular complexity index is 801. The van der Waals surface area contributed by atoms with Crippen LogP contribution in [0.2, 0.25) is 0 Å². The van der Waals surface area contributed by atoms with Gasteiger partial charge in [0.1, 0.15) is 5.75 Å². The molecule has 0 aliphatic carbocycles. The van der Waals surface area contributed by atoms with Crippen LogP contribution < -0.4 is 19.5 Å². The van der Waals surface area contributed by atoms with Gasteiger partial charge in [-0.25, -0.2) is 0 Å². The summed E-state index contributed by atoms with van der Waals surface area (Å²) in [6, 6.07) is 13.0. The maximum Gasteiger partial charge on any atom is 0.248 e. The van der Waals surface area contributed by atoms with E-state index in [9.17, 15) is 4.79 Å². The van der Waals surface area contributed by atoms with Gasteiger partial charge in [0.25, 0.3) is 0 Å². The summed E-state index contributed by atoms with van der Waals surface area (Å²) in [6.45, 7) is 5.31. The number of carbonyl (C=O) groups excluding carboxylic acids is 1. The lowest BCUT2D eigenvalue weighted by atomic mass is 10.2. The molecule has 0 fully saturated rings. The standard InChI is InChI=1S/C24H31NO4/c1-4-6-7-10-17-29-22-15-13-19(18-23(22)27-3)14-16-24(26)25-20-11-8-9-12-21(20)28-5-2/h8-9,11-16,18H,4-7,10,17H2,1-3H3,(H,25,26)/b16-14+. The van der Waals surface area contributed by atoms with E-state index in [0.717, 1.165) is 17.7 Å². The first kappa shape index (κ1) is 22.3. The molecule has 5 nitrogen and oxygen atoms in total. The molecule has 2 aromatic carbocycles. The zero-order valence-corrected chi connectivity index (χ0v) is 17.6. The molecule has 0 atom stereocenters. The molecule has 0 bridgehead atoms. The second kappa shape index (κ2) is 12.5. The number of amides is 1. The number of anilines is 1. The third-order valence-electron chi connectivity index (χ3n) is 4.32. The number of rotatable bonds is 12. The molecule has 0 aliphatic heterocycles. The van der Waals surface area contributed by atoms with Crippen LogP contribution in [0, 0.1) is 0 Å². The van der Waals surface area contributed by atoms with Crippen molar-refractivity contribution >= 4 is 17.7 Å². The largest absolute Gasteiger partial charge is 0.493 e. The van der Waals surface area contributed by atoms with Crippen molar-refractivity contribution in [2.24, 2.45) is 0 Å². The Morgan fingerprint density at radius 3 is 2.55 bits per heavy atom. The SMILES string of the molecule is CCCCCCOc1ccc(/C=C/C(=O)Nc2ccccc2OCC)cc1OC. The molecule has 156 valence electrons. The van der Waals surface area contributed by atoms with Crippen LogP contribution in [0.15, 0.2) is 48.5 Å². The lowest BCUT2D eigenvalue weighted by Gasteiger charge is -2.11. The molecule has 1 amide bonds. The van der Waals surface area contributed by atoms with Crippen LogP contribution >= 0.6 is 0 Å². The highest BCUT2D eigenvalue weighted by atomic mass is 16.5. The van der Waals surface area contributed by atoms with Crippen LogP contribution in [0.3, 0.4) is 0 Å². The lowest BCUT2D eigenvalue weighted by molar-refractivity contribution is -0.111. The van der Waals surface area contributed by atoms with E-state index in [-0.39, 0.29) is 5.91 Å². The highest BCUT2D eigenvalue weighted by Gasteiger charge is 2.07. The van der Waals surface area contributed by atoms with E-state index in [0.29, 0.717) is 30.4 Å². The molecule has 0 heterocycles. The number of unbranched alkanes of at least 4 members (excludes halogenated alkanes) is 3. The zero-order chi connectivity index (χ0) is 20.9. The predicted octanol–water partition coefficient (Wildman–Crippen LogP) is 5.70. The van der Waals surface area contributed by atoms with Crippen molar-refractivity contribution in [1.82, 2.24) is 0 Å². The fourth-order valence-corrected chi connectivity index (χ4v) is 2.82. The minimum absolute atomic E-state index is 0.229. The van der Waals surface area contributed by atoms with E-state index in [1.54, 1.807) is 13.2 Å². The molecule has 0 aromatic heterocycles. The second-order valence-corrected chi connectivity index (χ2v) is 6.57. The monoisotopic (exact) mass is 397 g/mol. The number of carbonyl (C=O) groups is 1. The van der Waals surface area contributed by atoms with Gasteiger partial charge in [-0.1, -0.05) is 44.4 Å². The molecule has 0 aliphatic rings. The number of hydrogen-bond donors (Lipinski definition) is 1. The van der Waals surface area contributed by atoms with Gasteiger partial charge in [-0.2, -0.15) is 0 Å². The topological polar surface area (TPSA) is 56.8 Å². The van der Waals surface area contributed by atoms with Gasteiger partial charge < -0.3 is 19.5 Å². The van der Waals surface area contributed by atoms with E-state index < -0.39 is 0 Å². The molecule has 0 unspecified atom stereocenters. The molecule has 2 aromatic rings. The molecular formula is C24H31NO4. The number of hydrogen-bond acceptors (Lipinski definition) is 4. The third-order valence-corrected chi connectivity index (χ3v) is 4.32. The minimum atomic E-state index is -0.229. The van der Waals surface area contributed by atoms with Crippen molar-refractivity contribution in [3.05, 3.63) is 54.1 Å². The zero-order valence-electron chi connectivity index (χ0n) is 17.6. The highest BCUT2D eigenvalue weighted by molar-refractivity contribution is 6.02. The lowest BCUT2D eigenvalue weighted by Crippen LogP contribution is -2.09. The van der Waals surface area contributed by atoms with E-state index in [4.69, 9.17) is 14.2 Å². The van der Waals surface area contributed by atoms with Gasteiger partial charge in [0.05, 0.1) is 26.0 Å². The van der Waals surface area contributed by atoms with Crippen LogP contribution in [0.25, 0.3) is 6.08 Å². The summed E-state index contributed by atoms with van der Waals surface area (Å²) in [5.74, 6) is 1.80. The normalized spacial score (nSPS) is 10.7. The van der Waals surface area contributed by atoms with Gasteiger partial charge in [0.15, 0.2) is 11.5 Å². The van der Waals surface area contributed by atoms with Crippen molar-refractivity contribution < 1.29 is 19.0 Å². The maximum atomic E-state index is 12.3. The van der Waals surface area contributed by atoms with Crippen LogP contribution in [0.5, 0.6) is 17.2 Å². The summed E-state index contributed by atoms with van der Waals surface area (Å²) in [5.41, 5.74) is 1.50. The summed E-state index contributed by atoms with van der Waals surface area (Å²) >= 11 is 0. The fourth-order valence-electron chi connectivity index (χ4n) is 2.82. The fraction of sp³-hybridized carbons (Fsp3) is 0.375. The van der Waals surface area contributed by atoms with Crippen molar-refractivity contribution in [2.45, 2.75) is 39.5 Å². The van der Waals surface area contributed by atoms with E-state index in [1.165, 1.54) is 25.3 Å².